The molecule has 2 heteroatoms. The van der Waals surface area contributed by atoms with Crippen LogP contribution < -0.4 is 10.1 Å². The SMILES string of the molecule is COc1ccc2c(c1)C(C1CC1c1ccccc1)NCC2. The Hall–Kier alpha value is -1.80. The molecule has 3 unspecified atom stereocenters. The molecule has 1 heterocycles. The zero-order chi connectivity index (χ0) is 14.2. The Kier molecular flexibility index (Phi) is 3.19. The number of rotatable bonds is 3. The van der Waals surface area contributed by atoms with Crippen LogP contribution in [0.2, 0.25) is 0 Å². The van der Waals surface area contributed by atoms with Crippen LogP contribution in [0.15, 0.2) is 48.5 Å². The number of benzene rings is 2. The van der Waals surface area contributed by atoms with Crippen LogP contribution in [0.4, 0.5) is 0 Å². The van der Waals surface area contributed by atoms with Gasteiger partial charge in [-0.1, -0.05) is 36.4 Å². The van der Waals surface area contributed by atoms with E-state index in [1.807, 2.05) is 0 Å². The van der Waals surface area contributed by atoms with E-state index in [-0.39, 0.29) is 0 Å². The van der Waals surface area contributed by atoms with Crippen molar-refractivity contribution in [2.24, 2.45) is 5.92 Å². The van der Waals surface area contributed by atoms with Crippen LogP contribution in [0.5, 0.6) is 5.75 Å². The van der Waals surface area contributed by atoms with Gasteiger partial charge in [0.15, 0.2) is 0 Å². The molecule has 2 aromatic rings. The van der Waals surface area contributed by atoms with E-state index in [4.69, 9.17) is 4.74 Å². The van der Waals surface area contributed by atoms with Gasteiger partial charge in [0.25, 0.3) is 0 Å². The molecule has 108 valence electrons. The molecule has 1 aliphatic carbocycles. The topological polar surface area (TPSA) is 21.3 Å². The molecule has 0 amide bonds. The van der Waals surface area contributed by atoms with Gasteiger partial charge < -0.3 is 10.1 Å². The molecule has 1 saturated carbocycles. The molecule has 0 spiro atoms. The lowest BCUT2D eigenvalue weighted by molar-refractivity contribution is 0.407. The molecule has 0 aromatic heterocycles. The Morgan fingerprint density at radius 3 is 2.76 bits per heavy atom. The summed E-state index contributed by atoms with van der Waals surface area (Å²) >= 11 is 0. The second kappa shape index (κ2) is 5.19. The molecule has 1 fully saturated rings. The van der Waals surface area contributed by atoms with E-state index >= 15 is 0 Å². The number of hydrogen-bond donors (Lipinski definition) is 1. The second-order valence-electron chi connectivity index (χ2n) is 6.16. The molecular weight excluding hydrogens is 258 g/mol. The van der Waals surface area contributed by atoms with Crippen molar-refractivity contribution in [3.8, 4) is 5.75 Å². The van der Waals surface area contributed by atoms with Crippen LogP contribution in [0.3, 0.4) is 0 Å². The number of hydrogen-bond acceptors (Lipinski definition) is 2. The van der Waals surface area contributed by atoms with Gasteiger partial charge in [0.1, 0.15) is 5.75 Å². The molecule has 4 rings (SSSR count). The van der Waals surface area contributed by atoms with E-state index in [0.29, 0.717) is 12.0 Å². The normalized spacial score (nSPS) is 27.0. The molecule has 2 nitrogen and oxygen atoms in total. The van der Waals surface area contributed by atoms with E-state index in [2.05, 4.69) is 53.8 Å². The summed E-state index contributed by atoms with van der Waals surface area (Å²) in [4.78, 5) is 0. The first-order chi connectivity index (χ1) is 10.4. The van der Waals surface area contributed by atoms with Crippen molar-refractivity contribution < 1.29 is 4.74 Å². The minimum Gasteiger partial charge on any atom is -0.497 e. The summed E-state index contributed by atoms with van der Waals surface area (Å²) in [6, 6.07) is 18.0. The summed E-state index contributed by atoms with van der Waals surface area (Å²) in [5, 5.41) is 3.73. The summed E-state index contributed by atoms with van der Waals surface area (Å²) < 4.78 is 5.41. The third-order valence-corrected chi connectivity index (χ3v) is 4.94. The summed E-state index contributed by atoms with van der Waals surface area (Å²) in [6.07, 6.45) is 2.41. The van der Waals surface area contributed by atoms with Crippen LogP contribution in [0.1, 0.15) is 35.1 Å². The van der Waals surface area contributed by atoms with Crippen LogP contribution in [0, 0.1) is 5.92 Å². The molecule has 2 aromatic carbocycles. The summed E-state index contributed by atoms with van der Waals surface area (Å²) in [6.45, 7) is 1.09. The molecular formula is C19H21NO. The van der Waals surface area contributed by atoms with Gasteiger partial charge in [-0.05, 0) is 60.0 Å². The average Bonchev–Trinajstić information content (AvgIpc) is 3.35. The average molecular weight is 279 g/mol. The highest BCUT2D eigenvalue weighted by molar-refractivity contribution is 5.41. The van der Waals surface area contributed by atoms with Gasteiger partial charge in [0.05, 0.1) is 7.11 Å². The first kappa shape index (κ1) is 12.9. The number of methoxy groups -OCH3 is 1. The van der Waals surface area contributed by atoms with Gasteiger partial charge in [-0.25, -0.2) is 0 Å². The van der Waals surface area contributed by atoms with E-state index in [1.54, 1.807) is 7.11 Å². The van der Waals surface area contributed by atoms with Crippen molar-refractivity contribution in [1.29, 1.82) is 0 Å². The monoisotopic (exact) mass is 279 g/mol. The second-order valence-corrected chi connectivity index (χ2v) is 6.16. The van der Waals surface area contributed by atoms with Gasteiger partial charge in [0.2, 0.25) is 0 Å². The standard InChI is InChI=1S/C19H21NO/c1-21-15-8-7-14-9-10-20-19(17(14)11-15)18-12-16(18)13-5-3-2-4-6-13/h2-8,11,16,18-20H,9-10,12H2,1H3. The molecule has 1 aliphatic heterocycles. The fourth-order valence-electron chi connectivity index (χ4n) is 3.74. The zero-order valence-electron chi connectivity index (χ0n) is 12.4. The highest BCUT2D eigenvalue weighted by atomic mass is 16.5. The van der Waals surface area contributed by atoms with E-state index in [0.717, 1.165) is 24.6 Å². The lowest BCUT2D eigenvalue weighted by atomic mass is 9.90. The van der Waals surface area contributed by atoms with Crippen molar-refractivity contribution in [2.45, 2.75) is 24.8 Å². The van der Waals surface area contributed by atoms with Gasteiger partial charge in [-0.15, -0.1) is 0 Å². The number of fused-ring (bicyclic) bond motifs is 1. The lowest BCUT2D eigenvalue weighted by Gasteiger charge is -2.28. The highest BCUT2D eigenvalue weighted by Crippen LogP contribution is 2.55. The molecule has 0 bridgehead atoms. The van der Waals surface area contributed by atoms with Crippen molar-refractivity contribution >= 4 is 0 Å². The summed E-state index contributed by atoms with van der Waals surface area (Å²) in [7, 11) is 1.75. The molecule has 0 radical (unpaired) electrons. The van der Waals surface area contributed by atoms with Gasteiger partial charge >= 0.3 is 0 Å². The minimum atomic E-state index is 0.481. The smallest absolute Gasteiger partial charge is 0.119 e. The number of nitrogens with one attached hydrogen (secondary N) is 1. The van der Waals surface area contributed by atoms with Crippen molar-refractivity contribution in [1.82, 2.24) is 5.32 Å². The molecule has 1 N–H and O–H groups in total. The third kappa shape index (κ3) is 2.34. The Morgan fingerprint density at radius 2 is 1.95 bits per heavy atom. The Morgan fingerprint density at radius 1 is 1.10 bits per heavy atom. The van der Waals surface area contributed by atoms with Gasteiger partial charge in [-0.3, -0.25) is 0 Å². The van der Waals surface area contributed by atoms with E-state index < -0.39 is 0 Å². The van der Waals surface area contributed by atoms with Crippen LogP contribution in [-0.2, 0) is 6.42 Å². The maximum Gasteiger partial charge on any atom is 0.119 e. The van der Waals surface area contributed by atoms with Gasteiger partial charge in [-0.2, -0.15) is 0 Å². The lowest BCUT2D eigenvalue weighted by Crippen LogP contribution is -2.31. The Balaban J connectivity index is 1.61. The van der Waals surface area contributed by atoms with Gasteiger partial charge in [0, 0.05) is 6.04 Å². The fraction of sp³-hybridized carbons (Fsp3) is 0.368. The highest BCUT2D eigenvalue weighted by Gasteiger charge is 2.45. The minimum absolute atomic E-state index is 0.481. The molecule has 2 aliphatic rings. The molecule has 21 heavy (non-hydrogen) atoms. The Labute approximate surface area is 126 Å². The van der Waals surface area contributed by atoms with Crippen LogP contribution in [-0.4, -0.2) is 13.7 Å². The third-order valence-electron chi connectivity index (χ3n) is 4.94. The number of ether oxygens (including phenoxy) is 1. The molecule has 3 atom stereocenters. The molecule has 0 saturated heterocycles. The first-order valence-corrected chi connectivity index (χ1v) is 7.82. The quantitative estimate of drug-likeness (QED) is 0.925. The van der Waals surface area contributed by atoms with Crippen molar-refractivity contribution in [3.63, 3.8) is 0 Å². The maximum atomic E-state index is 5.41. The van der Waals surface area contributed by atoms with Crippen molar-refractivity contribution in [2.75, 3.05) is 13.7 Å². The van der Waals surface area contributed by atoms with Crippen LogP contribution in [0.25, 0.3) is 0 Å². The zero-order valence-corrected chi connectivity index (χ0v) is 12.4. The summed E-state index contributed by atoms with van der Waals surface area (Å²) in [5.41, 5.74) is 4.42. The predicted octanol–water partition coefficient (Wildman–Crippen LogP) is 3.69. The van der Waals surface area contributed by atoms with Crippen LogP contribution >= 0.6 is 0 Å². The fourth-order valence-corrected chi connectivity index (χ4v) is 3.74. The Bertz CT molecular complexity index is 637. The van der Waals surface area contributed by atoms with Crippen molar-refractivity contribution in [3.05, 3.63) is 65.2 Å². The predicted molar refractivity (Wildman–Crippen MR) is 84.7 cm³/mol. The van der Waals surface area contributed by atoms with E-state index in [9.17, 15) is 0 Å². The summed E-state index contributed by atoms with van der Waals surface area (Å²) in [5.74, 6) is 2.40. The van der Waals surface area contributed by atoms with E-state index in [1.165, 1.54) is 23.1 Å². The largest absolute Gasteiger partial charge is 0.497 e. The first-order valence-electron chi connectivity index (χ1n) is 7.82. The maximum absolute atomic E-state index is 5.41.